The van der Waals surface area contributed by atoms with Gasteiger partial charge in [-0.05, 0) is 49.7 Å². The molecule has 0 heterocycles. The second-order valence-corrected chi connectivity index (χ2v) is 7.58. The van der Waals surface area contributed by atoms with Crippen LogP contribution in [0.5, 0.6) is 5.75 Å². The maximum absolute atomic E-state index is 5.68. The third kappa shape index (κ3) is 4.86. The average Bonchev–Trinajstić information content (AvgIpc) is 2.44. The molecule has 2 heteroatoms. The van der Waals surface area contributed by atoms with Crippen LogP contribution < -0.4 is 25.9 Å². The average molecular weight is 367 g/mol. The van der Waals surface area contributed by atoms with Gasteiger partial charge in [0.25, 0.3) is 0 Å². The van der Waals surface area contributed by atoms with Crippen LogP contribution in [0.25, 0.3) is 0 Å². The molecule has 0 aliphatic rings. The summed E-state index contributed by atoms with van der Waals surface area (Å²) in [6.07, 6.45) is 2.30. The zero-order valence-corrected chi connectivity index (χ0v) is 13.7. The summed E-state index contributed by atoms with van der Waals surface area (Å²) in [5, 5.41) is 0. The number of hydrogen-bond donors (Lipinski definition) is 0. The summed E-state index contributed by atoms with van der Waals surface area (Å²) in [6.45, 7) is 5.13. The lowest BCUT2D eigenvalue weighted by atomic mass is 10.2. The Labute approximate surface area is 126 Å². The van der Waals surface area contributed by atoms with Gasteiger partial charge in [0, 0.05) is 0 Å². The molecule has 0 unspecified atom stereocenters. The quantitative estimate of drug-likeness (QED) is 0.553. The maximum Gasteiger partial charge on any atom is 0.357 e. The molecule has 0 aromatic heterocycles. The molecule has 2 aromatic rings. The Bertz CT molecular complexity index is 488. The molecule has 100 valence electrons. The van der Waals surface area contributed by atoms with E-state index in [0.717, 1.165) is 18.8 Å². The van der Waals surface area contributed by atoms with Gasteiger partial charge in [0.1, 0.15) is 5.75 Å². The monoisotopic (exact) mass is 367 g/mol. The van der Waals surface area contributed by atoms with Crippen LogP contribution in [0.2, 0.25) is 0 Å². The van der Waals surface area contributed by atoms with Gasteiger partial charge in [0.15, 0.2) is 7.14 Å². The highest BCUT2D eigenvalue weighted by Gasteiger charge is 2.14. The Morgan fingerprint density at radius 3 is 2.05 bits per heavy atom. The van der Waals surface area contributed by atoms with E-state index in [-0.39, 0.29) is 21.2 Å². The fraction of sp³-hybridized carbons (Fsp3) is 0.294. The molecule has 0 fully saturated rings. The van der Waals surface area contributed by atoms with Gasteiger partial charge in [-0.25, -0.2) is 0 Å². The molecule has 0 aliphatic heterocycles. The van der Waals surface area contributed by atoms with Crippen LogP contribution >= 0.6 is 0 Å². The zero-order valence-electron chi connectivity index (χ0n) is 11.5. The first-order valence-corrected chi connectivity index (χ1v) is 8.88. The summed E-state index contributed by atoms with van der Waals surface area (Å²) in [5.41, 5.74) is 1.33. The van der Waals surface area contributed by atoms with E-state index < -0.39 is 0 Å². The van der Waals surface area contributed by atoms with Gasteiger partial charge in [0.2, 0.25) is 0 Å². The molecule has 0 bridgehead atoms. The van der Waals surface area contributed by atoms with E-state index in [2.05, 4.69) is 62.4 Å². The summed E-state index contributed by atoms with van der Waals surface area (Å²) in [6, 6.07) is 17.5. The van der Waals surface area contributed by atoms with E-state index in [1.807, 2.05) is 0 Å². The van der Waals surface area contributed by atoms with Crippen molar-refractivity contribution in [2.75, 3.05) is 6.61 Å². The highest BCUT2D eigenvalue weighted by molar-refractivity contribution is 5.21. The predicted octanol–water partition coefficient (Wildman–Crippen LogP) is 1.30. The Morgan fingerprint density at radius 1 is 0.895 bits per heavy atom. The number of benzene rings is 2. The Kier molecular flexibility index (Phi) is 5.70. The van der Waals surface area contributed by atoms with Crippen LogP contribution in [-0.4, -0.2) is 6.61 Å². The van der Waals surface area contributed by atoms with Gasteiger partial charge in [-0.15, -0.1) is 0 Å². The van der Waals surface area contributed by atoms with Gasteiger partial charge in [-0.3, -0.25) is 0 Å². The topological polar surface area (TPSA) is 9.23 Å². The number of unbranched alkanes of at least 4 members (excludes halogenated alkanes) is 1. The van der Waals surface area contributed by atoms with E-state index in [0.29, 0.717) is 0 Å². The van der Waals surface area contributed by atoms with E-state index in [9.17, 15) is 0 Å². The van der Waals surface area contributed by atoms with Crippen LogP contribution in [0.4, 0.5) is 0 Å². The summed E-state index contributed by atoms with van der Waals surface area (Å²) in [7, 11) is 0. The van der Waals surface area contributed by atoms with E-state index >= 15 is 0 Å². The van der Waals surface area contributed by atoms with Crippen molar-refractivity contribution in [3.8, 4) is 5.75 Å². The van der Waals surface area contributed by atoms with E-state index in [1.54, 1.807) is 0 Å². The third-order valence-corrected chi connectivity index (χ3v) is 5.49. The van der Waals surface area contributed by atoms with Crippen molar-refractivity contribution in [2.24, 2.45) is 0 Å². The predicted molar refractivity (Wildman–Crippen MR) is 75.4 cm³/mol. The first kappa shape index (κ1) is 14.4. The minimum atomic E-state index is -0.0692. The van der Waals surface area contributed by atoms with Crippen molar-refractivity contribution < 1.29 is 25.9 Å². The third-order valence-electron chi connectivity index (χ3n) is 2.81. The van der Waals surface area contributed by atoms with Gasteiger partial charge < -0.3 is 4.74 Å². The Balaban J connectivity index is 1.92. The number of rotatable bonds is 6. The molecule has 0 saturated carbocycles. The SMILES string of the molecule is CCCCOc1ccc([I+]c2ccc(C)cc2)cc1. The molecule has 2 rings (SSSR count). The lowest BCUT2D eigenvalue weighted by Crippen LogP contribution is -3.61. The second-order valence-electron chi connectivity index (χ2n) is 4.55. The maximum atomic E-state index is 5.68. The van der Waals surface area contributed by atoms with Gasteiger partial charge >= 0.3 is 21.2 Å². The van der Waals surface area contributed by atoms with Crippen molar-refractivity contribution in [1.82, 2.24) is 0 Å². The minimum absolute atomic E-state index is 0.0692. The molecule has 0 radical (unpaired) electrons. The molecule has 2 aromatic carbocycles. The Morgan fingerprint density at radius 2 is 1.47 bits per heavy atom. The van der Waals surface area contributed by atoms with Crippen LogP contribution in [0.3, 0.4) is 0 Å². The molecular formula is C17H20IO+. The molecular weight excluding hydrogens is 347 g/mol. The lowest BCUT2D eigenvalue weighted by molar-refractivity contribution is -0.597. The van der Waals surface area contributed by atoms with Gasteiger partial charge in [-0.2, -0.15) is 0 Å². The molecule has 19 heavy (non-hydrogen) atoms. The van der Waals surface area contributed by atoms with Crippen molar-refractivity contribution in [3.05, 3.63) is 61.2 Å². The van der Waals surface area contributed by atoms with Crippen molar-refractivity contribution in [2.45, 2.75) is 26.7 Å². The normalized spacial score (nSPS) is 10.4. The van der Waals surface area contributed by atoms with Gasteiger partial charge in [-0.1, -0.05) is 31.0 Å². The number of ether oxygens (including phenoxy) is 1. The summed E-state index contributed by atoms with van der Waals surface area (Å²) >= 11 is -0.0692. The number of aryl methyl sites for hydroxylation is 1. The van der Waals surface area contributed by atoms with Crippen molar-refractivity contribution in [1.29, 1.82) is 0 Å². The summed E-state index contributed by atoms with van der Waals surface area (Å²) in [5.74, 6) is 0.991. The van der Waals surface area contributed by atoms with Crippen molar-refractivity contribution in [3.63, 3.8) is 0 Å². The zero-order chi connectivity index (χ0) is 13.5. The molecule has 0 saturated heterocycles. The van der Waals surface area contributed by atoms with Crippen LogP contribution in [0, 0.1) is 14.1 Å². The van der Waals surface area contributed by atoms with Crippen LogP contribution in [-0.2, 0) is 0 Å². The molecule has 1 nitrogen and oxygen atoms in total. The first-order chi connectivity index (χ1) is 9.28. The molecule has 0 aliphatic carbocycles. The molecule has 0 N–H and O–H groups in total. The highest BCUT2D eigenvalue weighted by Crippen LogP contribution is 2.08. The largest absolute Gasteiger partial charge is 0.494 e. The van der Waals surface area contributed by atoms with E-state index in [4.69, 9.17) is 4.74 Å². The minimum Gasteiger partial charge on any atom is -0.494 e. The first-order valence-electron chi connectivity index (χ1n) is 6.72. The summed E-state index contributed by atoms with van der Waals surface area (Å²) < 4.78 is 8.58. The number of hydrogen-bond acceptors (Lipinski definition) is 1. The van der Waals surface area contributed by atoms with Crippen LogP contribution in [0.1, 0.15) is 25.3 Å². The lowest BCUT2D eigenvalue weighted by Gasteiger charge is -2.03. The van der Waals surface area contributed by atoms with Gasteiger partial charge in [0.05, 0.1) is 6.61 Å². The molecule has 0 atom stereocenters. The fourth-order valence-corrected chi connectivity index (χ4v) is 3.81. The fourth-order valence-electron chi connectivity index (χ4n) is 1.65. The second kappa shape index (κ2) is 7.53. The van der Waals surface area contributed by atoms with E-state index in [1.165, 1.54) is 19.1 Å². The highest BCUT2D eigenvalue weighted by atomic mass is 127. The molecule has 0 spiro atoms. The van der Waals surface area contributed by atoms with Crippen molar-refractivity contribution >= 4 is 0 Å². The molecule has 0 amide bonds. The number of halogens is 1. The standard InChI is InChI=1S/C17H20IO/c1-3-4-13-19-17-11-9-16(10-12-17)18-15-7-5-14(2)6-8-15/h5-12H,3-4,13H2,1-2H3/q+1. The Hall–Kier alpha value is -1.03. The summed E-state index contributed by atoms with van der Waals surface area (Å²) in [4.78, 5) is 0. The smallest absolute Gasteiger partial charge is 0.357 e. The van der Waals surface area contributed by atoms with Crippen LogP contribution in [0.15, 0.2) is 48.5 Å².